The van der Waals surface area contributed by atoms with Crippen LogP contribution >= 0.6 is 34.4 Å². The number of alkyl halides is 1. The van der Waals surface area contributed by atoms with Gasteiger partial charge in [-0.25, -0.2) is 4.79 Å². The lowest BCUT2D eigenvalue weighted by atomic mass is 9.80. The number of aromatic nitrogens is 1. The van der Waals surface area contributed by atoms with E-state index >= 15 is 0 Å². The Labute approximate surface area is 202 Å². The Morgan fingerprint density at radius 3 is 2.45 bits per heavy atom. The van der Waals surface area contributed by atoms with Crippen molar-refractivity contribution in [3.8, 4) is 0 Å². The predicted molar refractivity (Wildman–Crippen MR) is 138 cm³/mol. The number of carbonyl (C=O) groups is 1. The summed E-state index contributed by atoms with van der Waals surface area (Å²) in [4.78, 5) is 19.0. The maximum Gasteiger partial charge on any atom is 0.316 e. The van der Waals surface area contributed by atoms with Crippen molar-refractivity contribution in [3.63, 3.8) is 0 Å². The first-order valence-corrected chi connectivity index (χ1v) is 13.0. The van der Waals surface area contributed by atoms with Gasteiger partial charge in [0, 0.05) is 28.0 Å². The lowest BCUT2D eigenvalue weighted by Crippen LogP contribution is -2.53. The van der Waals surface area contributed by atoms with Crippen LogP contribution in [0.25, 0.3) is 0 Å². The van der Waals surface area contributed by atoms with Crippen LogP contribution in [0.4, 0.5) is 4.79 Å². The van der Waals surface area contributed by atoms with E-state index in [4.69, 9.17) is 4.98 Å². The van der Waals surface area contributed by atoms with Gasteiger partial charge in [-0.05, 0) is 55.0 Å². The van der Waals surface area contributed by atoms with Crippen molar-refractivity contribution in [2.45, 2.75) is 41.2 Å². The maximum absolute atomic E-state index is 13.0. The number of benzene rings is 2. The van der Waals surface area contributed by atoms with Gasteiger partial charge in [-0.3, -0.25) is 4.98 Å². The number of nitrogens with zero attached hydrogens (tertiary/aromatic N) is 1. The molecule has 2 aromatic carbocycles. The average molecular weight is 545 g/mol. The minimum atomic E-state index is -0.810. The fourth-order valence-electron chi connectivity index (χ4n) is 3.56. The first kappa shape index (κ1) is 23.6. The second-order valence-corrected chi connectivity index (χ2v) is 9.38. The average Bonchev–Trinajstić information content (AvgIpc) is 2.79. The van der Waals surface area contributed by atoms with Crippen LogP contribution in [0.5, 0.6) is 0 Å². The highest BCUT2D eigenvalue weighted by atomic mass is 127. The van der Waals surface area contributed by atoms with Crippen molar-refractivity contribution in [2.75, 3.05) is 6.26 Å². The molecule has 0 saturated carbocycles. The molecule has 162 valence electrons. The number of hydrogen-bond donors (Lipinski definition) is 2. The van der Waals surface area contributed by atoms with Crippen molar-refractivity contribution < 1.29 is 4.79 Å². The van der Waals surface area contributed by atoms with Gasteiger partial charge in [0.15, 0.2) is 0 Å². The molecule has 2 N–H and O–H groups in total. The van der Waals surface area contributed by atoms with Gasteiger partial charge in [-0.2, -0.15) is 0 Å². The minimum Gasteiger partial charge on any atom is -0.336 e. The number of halogens is 1. The van der Waals surface area contributed by atoms with Crippen molar-refractivity contribution in [3.05, 3.63) is 95.3 Å². The third-order valence-electron chi connectivity index (χ3n) is 5.04. The van der Waals surface area contributed by atoms with Crippen molar-refractivity contribution in [2.24, 2.45) is 0 Å². The lowest BCUT2D eigenvalue weighted by molar-refractivity contribution is 0.227. The van der Waals surface area contributed by atoms with Crippen molar-refractivity contribution in [1.29, 1.82) is 0 Å². The van der Waals surface area contributed by atoms with Crippen molar-refractivity contribution in [1.82, 2.24) is 15.6 Å². The molecule has 0 bridgehead atoms. The Morgan fingerprint density at radius 1 is 1.06 bits per heavy atom. The van der Waals surface area contributed by atoms with E-state index in [0.717, 1.165) is 31.7 Å². The molecule has 6 heteroatoms. The van der Waals surface area contributed by atoms with Gasteiger partial charge in [0.2, 0.25) is 0 Å². The number of thioether (sulfide) groups is 1. The summed E-state index contributed by atoms with van der Waals surface area (Å²) in [6, 6.07) is 22.6. The molecule has 0 spiro atoms. The summed E-state index contributed by atoms with van der Waals surface area (Å²) < 4.78 is 0.889. The molecule has 3 aromatic rings. The van der Waals surface area contributed by atoms with E-state index in [1.54, 1.807) is 11.8 Å². The molecule has 0 radical (unpaired) electrons. The van der Waals surface area contributed by atoms with Gasteiger partial charge in [0.25, 0.3) is 0 Å². The first-order chi connectivity index (χ1) is 15.0. The molecule has 31 heavy (non-hydrogen) atoms. The highest BCUT2D eigenvalue weighted by Gasteiger charge is 2.38. The predicted octanol–water partition coefficient (Wildman–Crippen LogP) is 5.93. The number of rotatable bonds is 8. The van der Waals surface area contributed by atoms with Crippen LogP contribution in [0.2, 0.25) is 0 Å². The Hall–Kier alpha value is -2.06. The fraction of sp³-hybridized carbons (Fsp3) is 0.280. The Kier molecular flexibility index (Phi) is 8.37. The number of nitrogens with one attached hydrogen (secondary N) is 2. The molecular weight excluding hydrogens is 517 g/mol. The van der Waals surface area contributed by atoms with E-state index in [2.05, 4.69) is 75.9 Å². The van der Waals surface area contributed by atoms with E-state index < -0.39 is 5.54 Å². The van der Waals surface area contributed by atoms with Gasteiger partial charge < -0.3 is 10.6 Å². The van der Waals surface area contributed by atoms with E-state index in [-0.39, 0.29) is 12.1 Å². The lowest BCUT2D eigenvalue weighted by Gasteiger charge is -2.36. The zero-order chi connectivity index (χ0) is 22.3. The van der Waals surface area contributed by atoms with Gasteiger partial charge in [-0.15, -0.1) is 11.8 Å². The molecule has 0 aliphatic rings. The van der Waals surface area contributed by atoms with E-state index in [1.807, 2.05) is 50.4 Å². The molecule has 0 aliphatic heterocycles. The van der Waals surface area contributed by atoms with Gasteiger partial charge >= 0.3 is 6.03 Å². The van der Waals surface area contributed by atoms with E-state index in [1.165, 1.54) is 0 Å². The normalized spacial score (nSPS) is 12.9. The summed E-state index contributed by atoms with van der Waals surface area (Å²) in [6.07, 6.45) is 4.56. The molecule has 1 unspecified atom stereocenters. The molecule has 2 amide bonds. The van der Waals surface area contributed by atoms with Crippen LogP contribution < -0.4 is 10.6 Å². The third kappa shape index (κ3) is 6.01. The number of amides is 2. The highest BCUT2D eigenvalue weighted by Crippen LogP contribution is 2.34. The second-order valence-electron chi connectivity index (χ2n) is 7.74. The first-order valence-electron chi connectivity index (χ1n) is 10.3. The topological polar surface area (TPSA) is 54.0 Å². The third-order valence-corrected chi connectivity index (χ3v) is 6.64. The highest BCUT2D eigenvalue weighted by molar-refractivity contribution is 14.1. The van der Waals surface area contributed by atoms with Crippen LogP contribution in [-0.4, -0.2) is 23.3 Å². The summed E-state index contributed by atoms with van der Waals surface area (Å²) in [7, 11) is 0. The van der Waals surface area contributed by atoms with Crippen LogP contribution in [0, 0.1) is 0 Å². The molecule has 0 aliphatic carbocycles. The standard InChI is InChI=1S/C25H28IN3OS/c1-18(2)28-24(30)29-25(15-19-8-5-4-6-9-19,21-10-7-11-22(14-21)31-3)23-13-12-20(16-26)17-27-23/h4-14,17-18H,15-16H2,1-3H3,(H2,28,29,30). The number of urea groups is 1. The van der Waals surface area contributed by atoms with Gasteiger partial charge in [-0.1, -0.05) is 71.1 Å². The van der Waals surface area contributed by atoms with Crippen LogP contribution in [-0.2, 0) is 16.4 Å². The van der Waals surface area contributed by atoms with E-state index in [0.29, 0.717) is 6.42 Å². The number of carbonyl (C=O) groups excluding carboxylic acids is 1. The van der Waals surface area contributed by atoms with Crippen LogP contribution in [0.3, 0.4) is 0 Å². The monoisotopic (exact) mass is 545 g/mol. The molecule has 1 aromatic heterocycles. The van der Waals surface area contributed by atoms with Gasteiger partial charge in [0.1, 0.15) is 5.54 Å². The number of hydrogen-bond acceptors (Lipinski definition) is 3. The summed E-state index contributed by atoms with van der Waals surface area (Å²) in [5.41, 5.74) is 3.30. The van der Waals surface area contributed by atoms with Crippen LogP contribution in [0.15, 0.2) is 77.8 Å². The fourth-order valence-corrected chi connectivity index (χ4v) is 4.47. The zero-order valence-electron chi connectivity index (χ0n) is 18.1. The quantitative estimate of drug-likeness (QED) is 0.210. The van der Waals surface area contributed by atoms with Gasteiger partial charge in [0.05, 0.1) is 5.69 Å². The molecule has 4 nitrogen and oxygen atoms in total. The number of pyridine rings is 1. The Balaban J connectivity index is 2.20. The van der Waals surface area contributed by atoms with E-state index in [9.17, 15) is 4.79 Å². The smallest absolute Gasteiger partial charge is 0.316 e. The minimum absolute atomic E-state index is 0.0290. The molecule has 3 rings (SSSR count). The Bertz CT molecular complexity index is 995. The zero-order valence-corrected chi connectivity index (χ0v) is 21.0. The van der Waals surface area contributed by atoms with Crippen LogP contribution in [0.1, 0.15) is 36.2 Å². The maximum atomic E-state index is 13.0. The SMILES string of the molecule is CSc1cccc(C(Cc2ccccc2)(NC(=O)NC(C)C)c2ccc(CI)cn2)c1. The largest absolute Gasteiger partial charge is 0.336 e. The van der Waals surface area contributed by atoms with Crippen molar-refractivity contribution >= 4 is 40.4 Å². The summed E-state index contributed by atoms with van der Waals surface area (Å²) in [5.74, 6) is 0. The molecule has 0 fully saturated rings. The summed E-state index contributed by atoms with van der Waals surface area (Å²) >= 11 is 4.02. The molecule has 1 atom stereocenters. The molecule has 0 saturated heterocycles. The summed E-state index contributed by atoms with van der Waals surface area (Å²) in [5, 5.41) is 6.30. The molecular formula is C25H28IN3OS. The second kappa shape index (κ2) is 11.0. The Morgan fingerprint density at radius 2 is 1.84 bits per heavy atom. The summed E-state index contributed by atoms with van der Waals surface area (Å²) in [6.45, 7) is 3.92. The molecule has 1 heterocycles.